The Bertz CT molecular complexity index is 234. The predicted molar refractivity (Wildman–Crippen MR) is 47.3 cm³/mol. The van der Waals surface area contributed by atoms with E-state index in [-0.39, 0.29) is 12.4 Å². The zero-order valence-corrected chi connectivity index (χ0v) is 8.12. The number of esters is 1. The summed E-state index contributed by atoms with van der Waals surface area (Å²) in [5, 5.41) is 0. The largest absolute Gasteiger partial charge is 0.450 e. The van der Waals surface area contributed by atoms with E-state index < -0.39 is 5.60 Å². The second-order valence-corrected chi connectivity index (χ2v) is 3.68. The van der Waals surface area contributed by atoms with E-state index in [2.05, 4.69) is 0 Å². The molecular weight excluding hydrogens is 259 g/mol. The van der Waals surface area contributed by atoms with Crippen molar-refractivity contribution in [1.82, 2.24) is 0 Å². The molecule has 0 N–H and O–H groups in total. The van der Waals surface area contributed by atoms with Crippen LogP contribution in [0.2, 0.25) is 0 Å². The number of ether oxygens (including phenoxy) is 1. The van der Waals surface area contributed by atoms with Crippen molar-refractivity contribution in [3.8, 4) is 0 Å². The first kappa shape index (κ1) is 8.70. The van der Waals surface area contributed by atoms with E-state index in [1.807, 2.05) is 22.6 Å². The van der Waals surface area contributed by atoms with Gasteiger partial charge in [0.15, 0.2) is 0 Å². The third-order valence-corrected chi connectivity index (χ3v) is 3.00. The Morgan fingerprint density at radius 2 is 2.45 bits per heavy atom. The first-order chi connectivity index (χ1) is 5.08. The van der Waals surface area contributed by atoms with Crippen LogP contribution in [0.4, 0.5) is 0 Å². The van der Waals surface area contributed by atoms with E-state index in [0.29, 0.717) is 0 Å². The van der Waals surface area contributed by atoms with Gasteiger partial charge < -0.3 is 9.53 Å². The molecule has 1 aliphatic rings. The molecule has 0 aromatic heterocycles. The number of hydrogen-bond acceptors (Lipinski definition) is 3. The predicted octanol–water partition coefficient (Wildman–Crippen LogP) is 1.21. The molecule has 0 aliphatic carbocycles. The second kappa shape index (κ2) is 2.92. The lowest BCUT2D eigenvalue weighted by molar-refractivity contribution is -0.145. The molecule has 0 radical (unpaired) electrons. The molecule has 1 atom stereocenters. The lowest BCUT2D eigenvalue weighted by atomic mass is 10.0. The number of aldehydes is 1. The molecule has 60 valence electrons. The Balaban J connectivity index is 2.82. The Morgan fingerprint density at radius 3 is 2.82 bits per heavy atom. The van der Waals surface area contributed by atoms with Crippen molar-refractivity contribution in [1.29, 1.82) is 0 Å². The van der Waals surface area contributed by atoms with Crippen LogP contribution in [0.3, 0.4) is 0 Å². The maximum atomic E-state index is 10.7. The topological polar surface area (TPSA) is 43.4 Å². The smallest absolute Gasteiger partial charge is 0.332 e. The third kappa shape index (κ3) is 1.61. The van der Waals surface area contributed by atoms with Crippen molar-refractivity contribution >= 4 is 34.8 Å². The summed E-state index contributed by atoms with van der Waals surface area (Å²) in [6, 6.07) is 0. The molecule has 0 saturated heterocycles. The zero-order valence-electron chi connectivity index (χ0n) is 5.96. The molecule has 0 aromatic carbocycles. The molecular formula is C7H7IO3. The highest BCUT2D eigenvalue weighted by Crippen LogP contribution is 2.34. The van der Waals surface area contributed by atoms with Gasteiger partial charge in [-0.25, -0.2) is 4.79 Å². The van der Waals surface area contributed by atoms with Gasteiger partial charge in [0.25, 0.3) is 0 Å². The second-order valence-electron chi connectivity index (χ2n) is 2.52. The number of halogens is 1. The summed E-state index contributed by atoms with van der Waals surface area (Å²) in [5.41, 5.74) is -0.695. The molecule has 0 amide bonds. The average molecular weight is 266 g/mol. The van der Waals surface area contributed by atoms with Gasteiger partial charge in [-0.3, -0.25) is 0 Å². The van der Waals surface area contributed by atoms with Gasteiger partial charge in [0.2, 0.25) is 0 Å². The van der Waals surface area contributed by atoms with E-state index in [4.69, 9.17) is 4.74 Å². The van der Waals surface area contributed by atoms with Gasteiger partial charge in [-0.05, 0) is 29.5 Å². The standard InChI is InChI=1S/C7H7IO3/c1-7(2-3-9)5(8)4-6(10)11-7/h3-4H,2H2,1H3. The molecule has 1 rings (SSSR count). The molecule has 0 aromatic rings. The van der Waals surface area contributed by atoms with Crippen LogP contribution < -0.4 is 0 Å². The van der Waals surface area contributed by atoms with Crippen LogP contribution in [0.1, 0.15) is 13.3 Å². The van der Waals surface area contributed by atoms with Gasteiger partial charge in [0.05, 0.1) is 0 Å². The number of hydrogen-bond donors (Lipinski definition) is 0. The minimum atomic E-state index is -0.695. The molecule has 0 saturated carbocycles. The fourth-order valence-corrected chi connectivity index (χ4v) is 1.44. The van der Waals surface area contributed by atoms with Crippen molar-refractivity contribution in [2.45, 2.75) is 18.9 Å². The van der Waals surface area contributed by atoms with Crippen LogP contribution >= 0.6 is 22.6 Å². The number of cyclic esters (lactones) is 1. The maximum Gasteiger partial charge on any atom is 0.332 e. The van der Waals surface area contributed by atoms with Crippen molar-refractivity contribution in [2.75, 3.05) is 0 Å². The normalized spacial score (nSPS) is 29.6. The summed E-state index contributed by atoms with van der Waals surface area (Å²) < 4.78 is 5.72. The Hall–Kier alpha value is -0.390. The van der Waals surface area contributed by atoms with Crippen LogP contribution in [-0.4, -0.2) is 17.9 Å². The first-order valence-electron chi connectivity index (χ1n) is 3.13. The average Bonchev–Trinajstić information content (AvgIpc) is 2.08. The minimum absolute atomic E-state index is 0.230. The van der Waals surface area contributed by atoms with Crippen molar-refractivity contribution < 1.29 is 14.3 Å². The molecule has 1 unspecified atom stereocenters. The lowest BCUT2D eigenvalue weighted by Gasteiger charge is -2.20. The summed E-state index contributed by atoms with van der Waals surface area (Å²) in [4.78, 5) is 20.9. The highest BCUT2D eigenvalue weighted by atomic mass is 127. The number of rotatable bonds is 2. The SMILES string of the molecule is CC1(CC=O)OC(=O)C=C1I. The molecule has 4 heteroatoms. The van der Waals surface area contributed by atoms with E-state index in [1.165, 1.54) is 6.08 Å². The molecule has 0 bridgehead atoms. The van der Waals surface area contributed by atoms with E-state index in [1.54, 1.807) is 6.92 Å². The summed E-state index contributed by atoms with van der Waals surface area (Å²) in [7, 11) is 0. The van der Waals surface area contributed by atoms with Crippen LogP contribution in [-0.2, 0) is 14.3 Å². The highest BCUT2D eigenvalue weighted by Gasteiger charge is 2.36. The fourth-order valence-electron chi connectivity index (χ4n) is 0.855. The van der Waals surface area contributed by atoms with E-state index in [9.17, 15) is 9.59 Å². The van der Waals surface area contributed by atoms with Crippen LogP contribution in [0, 0.1) is 0 Å². The van der Waals surface area contributed by atoms with Crippen LogP contribution in [0.25, 0.3) is 0 Å². The number of carbonyl (C=O) groups is 2. The molecule has 11 heavy (non-hydrogen) atoms. The monoisotopic (exact) mass is 266 g/mol. The van der Waals surface area contributed by atoms with E-state index >= 15 is 0 Å². The quantitative estimate of drug-likeness (QED) is 0.428. The van der Waals surface area contributed by atoms with Crippen molar-refractivity contribution in [3.63, 3.8) is 0 Å². The Labute approximate surface area is 77.9 Å². The Kier molecular flexibility index (Phi) is 2.31. The molecule has 1 aliphatic heterocycles. The molecule has 0 fully saturated rings. The van der Waals surface area contributed by atoms with Gasteiger partial charge in [-0.1, -0.05) is 0 Å². The van der Waals surface area contributed by atoms with Gasteiger partial charge in [0.1, 0.15) is 11.9 Å². The number of carbonyl (C=O) groups excluding carboxylic acids is 2. The Morgan fingerprint density at radius 1 is 1.82 bits per heavy atom. The lowest BCUT2D eigenvalue weighted by Crippen LogP contribution is -2.26. The summed E-state index contributed by atoms with van der Waals surface area (Å²) in [6.07, 6.45) is 2.39. The van der Waals surface area contributed by atoms with Crippen molar-refractivity contribution in [2.24, 2.45) is 0 Å². The van der Waals surface area contributed by atoms with Gasteiger partial charge in [0, 0.05) is 16.1 Å². The van der Waals surface area contributed by atoms with Gasteiger partial charge in [-0.2, -0.15) is 0 Å². The first-order valence-corrected chi connectivity index (χ1v) is 4.20. The zero-order chi connectivity index (χ0) is 8.48. The third-order valence-electron chi connectivity index (χ3n) is 1.55. The molecule has 3 nitrogen and oxygen atoms in total. The van der Waals surface area contributed by atoms with Crippen molar-refractivity contribution in [3.05, 3.63) is 9.66 Å². The molecule has 1 heterocycles. The van der Waals surface area contributed by atoms with Crippen LogP contribution in [0.5, 0.6) is 0 Å². The van der Waals surface area contributed by atoms with Gasteiger partial charge >= 0.3 is 5.97 Å². The summed E-state index contributed by atoms with van der Waals surface area (Å²) in [5.74, 6) is -0.362. The van der Waals surface area contributed by atoms with Gasteiger partial charge in [-0.15, -0.1) is 0 Å². The summed E-state index contributed by atoms with van der Waals surface area (Å²) in [6.45, 7) is 1.73. The van der Waals surface area contributed by atoms with E-state index in [0.717, 1.165) is 9.87 Å². The summed E-state index contributed by atoms with van der Waals surface area (Å²) >= 11 is 2.01. The minimum Gasteiger partial charge on any atom is -0.450 e. The highest BCUT2D eigenvalue weighted by molar-refractivity contribution is 14.1. The molecule has 0 spiro atoms. The van der Waals surface area contributed by atoms with Crippen LogP contribution in [0.15, 0.2) is 9.66 Å². The maximum absolute atomic E-state index is 10.7. The fraction of sp³-hybridized carbons (Fsp3) is 0.429.